The van der Waals surface area contributed by atoms with Gasteiger partial charge in [0, 0.05) is 21.1 Å². The van der Waals surface area contributed by atoms with Crippen LogP contribution in [0.1, 0.15) is 17.3 Å². The van der Waals surface area contributed by atoms with Crippen molar-refractivity contribution in [2.24, 2.45) is 0 Å². The van der Waals surface area contributed by atoms with Crippen LogP contribution < -0.4 is 10.9 Å². The van der Waals surface area contributed by atoms with E-state index in [1.54, 1.807) is 31.2 Å². The topological polar surface area (TPSA) is 90.3 Å². The molecule has 0 radical (unpaired) electrons. The average Bonchev–Trinajstić information content (AvgIpc) is 3.22. The molecule has 0 spiro atoms. The van der Waals surface area contributed by atoms with E-state index >= 15 is 0 Å². The van der Waals surface area contributed by atoms with Crippen LogP contribution in [-0.4, -0.2) is 28.0 Å². The quantitative estimate of drug-likeness (QED) is 0.378. The van der Waals surface area contributed by atoms with E-state index in [2.05, 4.69) is 26.2 Å². The van der Waals surface area contributed by atoms with Gasteiger partial charge in [-0.25, -0.2) is 9.78 Å². The van der Waals surface area contributed by atoms with E-state index < -0.39 is 5.97 Å². The summed E-state index contributed by atoms with van der Waals surface area (Å²) in [6.45, 7) is 1.84. The van der Waals surface area contributed by atoms with E-state index in [0.29, 0.717) is 21.5 Å². The Hall–Kier alpha value is -3.30. The van der Waals surface area contributed by atoms with Gasteiger partial charge in [-0.1, -0.05) is 28.1 Å². The molecule has 2 aromatic carbocycles. The van der Waals surface area contributed by atoms with Gasteiger partial charge in [-0.15, -0.1) is 11.3 Å². The Morgan fingerprint density at radius 3 is 2.53 bits per heavy atom. The van der Waals surface area contributed by atoms with Crippen LogP contribution in [0, 0.1) is 0 Å². The summed E-state index contributed by atoms with van der Waals surface area (Å²) >= 11 is 4.80. The van der Waals surface area contributed by atoms with Gasteiger partial charge in [0.1, 0.15) is 11.4 Å². The minimum atomic E-state index is -0.423. The van der Waals surface area contributed by atoms with E-state index in [1.165, 1.54) is 22.2 Å². The number of carbonyl (C=O) groups excluding carboxylic acids is 2. The van der Waals surface area contributed by atoms with E-state index in [4.69, 9.17) is 4.74 Å². The van der Waals surface area contributed by atoms with Crippen LogP contribution in [-0.2, 0) is 16.1 Å². The number of amides is 1. The highest BCUT2D eigenvalue weighted by atomic mass is 79.9. The molecule has 0 aliphatic carbocycles. The smallest absolute Gasteiger partial charge is 0.338 e. The molecule has 1 amide bonds. The maximum Gasteiger partial charge on any atom is 0.338 e. The predicted molar refractivity (Wildman–Crippen MR) is 128 cm³/mol. The highest BCUT2D eigenvalue weighted by molar-refractivity contribution is 9.10. The molecule has 0 fully saturated rings. The highest BCUT2D eigenvalue weighted by Gasteiger charge is 2.15. The first kappa shape index (κ1) is 21.9. The van der Waals surface area contributed by atoms with Crippen molar-refractivity contribution in [3.8, 4) is 11.1 Å². The Morgan fingerprint density at radius 1 is 1.12 bits per heavy atom. The van der Waals surface area contributed by atoms with Crippen molar-refractivity contribution in [2.75, 3.05) is 11.9 Å². The number of esters is 1. The van der Waals surface area contributed by atoms with Crippen molar-refractivity contribution < 1.29 is 14.3 Å². The molecule has 4 aromatic rings. The van der Waals surface area contributed by atoms with Crippen LogP contribution in [0.5, 0.6) is 0 Å². The summed E-state index contributed by atoms with van der Waals surface area (Å²) in [5.74, 6) is -0.800. The fourth-order valence-electron chi connectivity index (χ4n) is 3.18. The number of aromatic nitrogens is 2. The molecule has 0 atom stereocenters. The monoisotopic (exact) mass is 511 g/mol. The fraction of sp³-hybridized carbons (Fsp3) is 0.130. The first-order valence-electron chi connectivity index (χ1n) is 9.76. The lowest BCUT2D eigenvalue weighted by atomic mass is 10.1. The van der Waals surface area contributed by atoms with E-state index in [0.717, 1.165) is 15.6 Å². The minimum absolute atomic E-state index is 0.184. The molecule has 0 bridgehead atoms. The average molecular weight is 512 g/mol. The summed E-state index contributed by atoms with van der Waals surface area (Å²) in [6, 6.07) is 14.0. The van der Waals surface area contributed by atoms with Gasteiger partial charge < -0.3 is 10.1 Å². The number of halogens is 1. The van der Waals surface area contributed by atoms with Crippen molar-refractivity contribution >= 4 is 55.0 Å². The number of ether oxygens (including phenoxy) is 1. The SMILES string of the molecule is CCOC(=O)c1ccc(NC(=O)Cn2cnc3scc(-c4ccc(Br)cc4)c3c2=O)cc1. The van der Waals surface area contributed by atoms with E-state index in [9.17, 15) is 14.4 Å². The number of nitrogens with one attached hydrogen (secondary N) is 1. The van der Waals surface area contributed by atoms with Crippen molar-refractivity contribution in [1.29, 1.82) is 0 Å². The van der Waals surface area contributed by atoms with Crippen molar-refractivity contribution in [3.63, 3.8) is 0 Å². The van der Waals surface area contributed by atoms with E-state index in [1.807, 2.05) is 29.6 Å². The molecule has 2 heterocycles. The molecular formula is C23H18BrN3O4S. The second-order valence-electron chi connectivity index (χ2n) is 6.86. The van der Waals surface area contributed by atoms with Crippen LogP contribution in [0.3, 0.4) is 0 Å². The maximum absolute atomic E-state index is 13.1. The van der Waals surface area contributed by atoms with Crippen LogP contribution in [0.2, 0.25) is 0 Å². The molecule has 0 aliphatic heterocycles. The number of rotatable bonds is 6. The highest BCUT2D eigenvalue weighted by Crippen LogP contribution is 2.31. The van der Waals surface area contributed by atoms with Crippen molar-refractivity contribution in [2.45, 2.75) is 13.5 Å². The normalized spacial score (nSPS) is 10.8. The number of anilines is 1. The first-order valence-corrected chi connectivity index (χ1v) is 11.4. The van der Waals surface area contributed by atoms with Crippen LogP contribution in [0.25, 0.3) is 21.3 Å². The molecule has 4 rings (SSSR count). The summed E-state index contributed by atoms with van der Waals surface area (Å²) < 4.78 is 7.18. The number of fused-ring (bicyclic) bond motifs is 1. The number of carbonyl (C=O) groups is 2. The zero-order valence-corrected chi connectivity index (χ0v) is 19.4. The second kappa shape index (κ2) is 9.46. The Labute approximate surface area is 195 Å². The Balaban J connectivity index is 1.54. The summed E-state index contributed by atoms with van der Waals surface area (Å²) in [5.41, 5.74) is 2.33. The zero-order valence-electron chi connectivity index (χ0n) is 17.0. The minimum Gasteiger partial charge on any atom is -0.462 e. The third-order valence-corrected chi connectivity index (χ3v) is 6.12. The van der Waals surface area contributed by atoms with Crippen molar-refractivity contribution in [1.82, 2.24) is 9.55 Å². The summed E-state index contributed by atoms with van der Waals surface area (Å²) in [7, 11) is 0. The largest absolute Gasteiger partial charge is 0.462 e. The number of nitrogens with zero attached hydrogens (tertiary/aromatic N) is 2. The molecule has 0 saturated heterocycles. The number of hydrogen-bond donors (Lipinski definition) is 1. The third-order valence-electron chi connectivity index (χ3n) is 4.71. The summed E-state index contributed by atoms with van der Waals surface area (Å²) in [5, 5.41) is 5.12. The van der Waals surface area contributed by atoms with Crippen molar-refractivity contribution in [3.05, 3.63) is 80.6 Å². The number of benzene rings is 2. The van der Waals surface area contributed by atoms with Gasteiger partial charge in [0.2, 0.25) is 5.91 Å². The molecule has 2 aromatic heterocycles. The molecule has 0 unspecified atom stereocenters. The second-order valence-corrected chi connectivity index (χ2v) is 8.63. The number of thiophene rings is 1. The molecule has 32 heavy (non-hydrogen) atoms. The van der Waals surface area contributed by atoms with Gasteiger partial charge in [0.15, 0.2) is 0 Å². The molecule has 0 aliphatic rings. The van der Waals surface area contributed by atoms with Crippen LogP contribution in [0.15, 0.2) is 69.5 Å². The van der Waals surface area contributed by atoms with Crippen LogP contribution >= 0.6 is 27.3 Å². The molecule has 0 saturated carbocycles. The van der Waals surface area contributed by atoms with Gasteiger partial charge >= 0.3 is 5.97 Å². The molecule has 162 valence electrons. The third kappa shape index (κ3) is 4.63. The summed E-state index contributed by atoms with van der Waals surface area (Å²) in [6.07, 6.45) is 1.38. The molecule has 9 heteroatoms. The molecule has 7 nitrogen and oxygen atoms in total. The maximum atomic E-state index is 13.1. The van der Waals surface area contributed by atoms with E-state index in [-0.39, 0.29) is 24.6 Å². The van der Waals surface area contributed by atoms with Gasteiger partial charge in [0.05, 0.1) is 23.9 Å². The Kier molecular flexibility index (Phi) is 6.48. The molecular weight excluding hydrogens is 494 g/mol. The summed E-state index contributed by atoms with van der Waals surface area (Å²) in [4.78, 5) is 42.3. The van der Waals surface area contributed by atoms with Gasteiger partial charge in [-0.05, 0) is 48.9 Å². The number of hydrogen-bond acceptors (Lipinski definition) is 6. The molecule has 1 N–H and O–H groups in total. The Bertz CT molecular complexity index is 1340. The van der Waals surface area contributed by atoms with Gasteiger partial charge in [-0.2, -0.15) is 0 Å². The Morgan fingerprint density at radius 2 is 1.84 bits per heavy atom. The zero-order chi connectivity index (χ0) is 22.7. The lowest BCUT2D eigenvalue weighted by molar-refractivity contribution is -0.116. The van der Waals surface area contributed by atoms with Crippen LogP contribution in [0.4, 0.5) is 5.69 Å². The lowest BCUT2D eigenvalue weighted by Crippen LogP contribution is -2.27. The predicted octanol–water partition coefficient (Wildman–Crippen LogP) is 4.70. The fourth-order valence-corrected chi connectivity index (χ4v) is 4.35. The lowest BCUT2D eigenvalue weighted by Gasteiger charge is -2.08. The van der Waals surface area contributed by atoms with Gasteiger partial charge in [-0.3, -0.25) is 14.2 Å². The first-order chi connectivity index (χ1) is 15.5. The van der Waals surface area contributed by atoms with Gasteiger partial charge in [0.25, 0.3) is 5.56 Å². The standard InChI is InChI=1S/C23H18BrN3O4S/c1-2-31-23(30)15-5-9-17(10-6-15)26-19(28)11-27-13-25-21-20(22(27)29)18(12-32-21)14-3-7-16(24)8-4-14/h3-10,12-13H,2,11H2,1H3,(H,26,28).